The highest BCUT2D eigenvalue weighted by Crippen LogP contribution is 2.24. The Bertz CT molecular complexity index is 1070. The average molecular weight is 389 g/mol. The zero-order valence-corrected chi connectivity index (χ0v) is 15.5. The van der Waals surface area contributed by atoms with Gasteiger partial charge in [-0.25, -0.2) is 13.8 Å². The lowest BCUT2D eigenvalue weighted by atomic mass is 10.2. The molecule has 3 aromatic rings. The van der Waals surface area contributed by atoms with E-state index in [1.807, 2.05) is 6.92 Å². The number of hydrogen-bond donors (Lipinski definition) is 1. The van der Waals surface area contributed by atoms with Crippen molar-refractivity contribution in [2.45, 2.75) is 30.8 Å². The highest BCUT2D eigenvalue weighted by Gasteiger charge is 2.19. The second-order valence-corrected chi connectivity index (χ2v) is 7.15. The Morgan fingerprint density at radius 2 is 1.96 bits per heavy atom. The number of carbonyl (C=O) groups is 1. The fourth-order valence-electron chi connectivity index (χ4n) is 2.55. The second-order valence-electron chi connectivity index (χ2n) is 5.84. The Morgan fingerprint density at radius 1 is 1.22 bits per heavy atom. The van der Waals surface area contributed by atoms with Crippen molar-refractivity contribution in [1.82, 2.24) is 9.55 Å². The fourth-order valence-corrected chi connectivity index (χ4v) is 3.52. The molecule has 0 bridgehead atoms. The van der Waals surface area contributed by atoms with Crippen LogP contribution in [-0.4, -0.2) is 20.7 Å². The molecule has 0 fully saturated rings. The predicted octanol–water partition coefficient (Wildman–Crippen LogP) is 3.81. The summed E-state index contributed by atoms with van der Waals surface area (Å²) in [7, 11) is 0. The molecule has 1 aromatic heterocycles. The monoisotopic (exact) mass is 389 g/mol. The van der Waals surface area contributed by atoms with Gasteiger partial charge in [-0.2, -0.15) is 0 Å². The number of benzene rings is 2. The van der Waals surface area contributed by atoms with Crippen molar-refractivity contribution in [3.05, 3.63) is 64.5 Å². The second kappa shape index (κ2) is 7.87. The number of fused-ring (bicyclic) bond motifs is 1. The van der Waals surface area contributed by atoms with Crippen molar-refractivity contribution in [2.75, 3.05) is 5.32 Å². The van der Waals surface area contributed by atoms with Crippen LogP contribution in [-0.2, 0) is 11.3 Å². The number of thioether (sulfide) groups is 1. The lowest BCUT2D eigenvalue weighted by molar-refractivity contribution is -0.115. The Kier molecular flexibility index (Phi) is 5.55. The van der Waals surface area contributed by atoms with Crippen LogP contribution in [0.1, 0.15) is 13.8 Å². The molecule has 140 valence electrons. The van der Waals surface area contributed by atoms with Gasteiger partial charge in [0.1, 0.15) is 0 Å². The first-order chi connectivity index (χ1) is 12.9. The minimum atomic E-state index is -1.04. The van der Waals surface area contributed by atoms with Crippen LogP contribution >= 0.6 is 11.8 Å². The molecule has 2 aromatic carbocycles. The standard InChI is InChI=1S/C19H17F2N3O2S/c1-3-24-18(26)13-6-4-5-7-16(13)23-19(24)27-11(2)17(25)22-12-8-9-14(20)15(21)10-12/h4-11H,3H2,1-2H3,(H,22,25)/t11-/m0/s1. The van der Waals surface area contributed by atoms with Crippen molar-refractivity contribution in [1.29, 1.82) is 0 Å². The summed E-state index contributed by atoms with van der Waals surface area (Å²) in [5, 5.41) is 2.87. The predicted molar refractivity (Wildman–Crippen MR) is 102 cm³/mol. The fraction of sp³-hybridized carbons (Fsp3) is 0.211. The van der Waals surface area contributed by atoms with E-state index in [0.717, 1.165) is 23.9 Å². The van der Waals surface area contributed by atoms with Gasteiger partial charge in [0.2, 0.25) is 5.91 Å². The van der Waals surface area contributed by atoms with E-state index in [2.05, 4.69) is 10.3 Å². The van der Waals surface area contributed by atoms with Crippen LogP contribution in [0.5, 0.6) is 0 Å². The number of carbonyl (C=O) groups excluding carboxylic acids is 1. The number of nitrogens with one attached hydrogen (secondary N) is 1. The minimum absolute atomic E-state index is 0.158. The quantitative estimate of drug-likeness (QED) is 0.532. The highest BCUT2D eigenvalue weighted by atomic mass is 32.2. The van der Waals surface area contributed by atoms with Crippen LogP contribution < -0.4 is 10.9 Å². The third-order valence-corrected chi connectivity index (χ3v) is 5.07. The van der Waals surface area contributed by atoms with Gasteiger partial charge in [-0.05, 0) is 38.1 Å². The molecular formula is C19H17F2N3O2S. The van der Waals surface area contributed by atoms with Gasteiger partial charge in [0, 0.05) is 18.3 Å². The molecule has 27 heavy (non-hydrogen) atoms. The smallest absolute Gasteiger partial charge is 0.262 e. The van der Waals surface area contributed by atoms with Crippen LogP contribution in [0, 0.1) is 11.6 Å². The van der Waals surface area contributed by atoms with Crippen molar-refractivity contribution >= 4 is 34.3 Å². The first-order valence-corrected chi connectivity index (χ1v) is 9.20. The highest BCUT2D eigenvalue weighted by molar-refractivity contribution is 8.00. The van der Waals surface area contributed by atoms with E-state index in [4.69, 9.17) is 0 Å². The summed E-state index contributed by atoms with van der Waals surface area (Å²) in [6.45, 7) is 3.89. The first-order valence-electron chi connectivity index (χ1n) is 8.33. The molecule has 0 aliphatic heterocycles. The molecule has 1 atom stereocenters. The van der Waals surface area contributed by atoms with E-state index >= 15 is 0 Å². The lowest BCUT2D eigenvalue weighted by Crippen LogP contribution is -2.26. The van der Waals surface area contributed by atoms with E-state index < -0.39 is 22.8 Å². The molecular weight excluding hydrogens is 372 g/mol. The zero-order chi connectivity index (χ0) is 19.6. The van der Waals surface area contributed by atoms with E-state index in [1.54, 1.807) is 31.2 Å². The van der Waals surface area contributed by atoms with Crippen molar-refractivity contribution in [2.24, 2.45) is 0 Å². The summed E-state index contributed by atoms with van der Waals surface area (Å²) in [6.07, 6.45) is 0. The summed E-state index contributed by atoms with van der Waals surface area (Å²) in [6, 6.07) is 10.2. The van der Waals surface area contributed by atoms with Crippen molar-refractivity contribution < 1.29 is 13.6 Å². The summed E-state index contributed by atoms with van der Waals surface area (Å²) in [5.41, 5.74) is 0.549. The number of halogens is 2. The number of nitrogens with zero attached hydrogens (tertiary/aromatic N) is 2. The van der Waals surface area contributed by atoms with Crippen LogP contribution in [0.25, 0.3) is 10.9 Å². The number of aromatic nitrogens is 2. The first kappa shape index (κ1) is 19.0. The van der Waals surface area contributed by atoms with Crippen molar-refractivity contribution in [3.8, 4) is 0 Å². The maximum atomic E-state index is 13.3. The topological polar surface area (TPSA) is 64.0 Å². The lowest BCUT2D eigenvalue weighted by Gasteiger charge is -2.15. The molecule has 0 aliphatic rings. The number of para-hydroxylation sites is 1. The number of anilines is 1. The van der Waals surface area contributed by atoms with E-state index in [-0.39, 0.29) is 11.2 Å². The van der Waals surface area contributed by atoms with Crippen LogP contribution in [0.4, 0.5) is 14.5 Å². The Labute approximate surface area is 158 Å². The summed E-state index contributed by atoms with van der Waals surface area (Å²) in [5.74, 6) is -2.43. The molecule has 3 rings (SSSR count). The van der Waals surface area contributed by atoms with Gasteiger partial charge < -0.3 is 5.32 Å². The van der Waals surface area contributed by atoms with Crippen LogP contribution in [0.15, 0.2) is 52.4 Å². The van der Waals surface area contributed by atoms with Gasteiger partial charge in [-0.1, -0.05) is 23.9 Å². The maximum Gasteiger partial charge on any atom is 0.262 e. The summed E-state index contributed by atoms with van der Waals surface area (Å²) < 4.78 is 27.8. The summed E-state index contributed by atoms with van der Waals surface area (Å²) >= 11 is 1.13. The molecule has 1 heterocycles. The SMILES string of the molecule is CCn1c(S[C@@H](C)C(=O)Nc2ccc(F)c(F)c2)nc2ccccc2c1=O. The minimum Gasteiger partial charge on any atom is -0.325 e. The Balaban J connectivity index is 1.84. The van der Waals surface area contributed by atoms with Crippen LogP contribution in [0.2, 0.25) is 0 Å². The largest absolute Gasteiger partial charge is 0.325 e. The molecule has 0 unspecified atom stereocenters. The van der Waals surface area contributed by atoms with Gasteiger partial charge in [0.15, 0.2) is 16.8 Å². The normalized spacial score (nSPS) is 12.1. The number of hydrogen-bond acceptors (Lipinski definition) is 4. The third kappa shape index (κ3) is 4.00. The number of rotatable bonds is 5. The third-order valence-electron chi connectivity index (χ3n) is 3.98. The van der Waals surface area contributed by atoms with Gasteiger partial charge in [0.25, 0.3) is 5.56 Å². The van der Waals surface area contributed by atoms with E-state index in [1.165, 1.54) is 10.6 Å². The van der Waals surface area contributed by atoms with E-state index in [0.29, 0.717) is 22.6 Å². The average Bonchev–Trinajstić information content (AvgIpc) is 2.65. The van der Waals surface area contributed by atoms with Gasteiger partial charge in [-0.3, -0.25) is 14.2 Å². The molecule has 1 amide bonds. The number of amides is 1. The zero-order valence-electron chi connectivity index (χ0n) is 14.7. The van der Waals surface area contributed by atoms with E-state index in [9.17, 15) is 18.4 Å². The molecule has 0 saturated heterocycles. The molecule has 0 radical (unpaired) electrons. The molecule has 1 N–H and O–H groups in total. The molecule has 0 saturated carbocycles. The van der Waals surface area contributed by atoms with Gasteiger partial charge in [0.05, 0.1) is 16.2 Å². The Hall–Kier alpha value is -2.74. The maximum absolute atomic E-state index is 13.3. The molecule has 0 aliphatic carbocycles. The van der Waals surface area contributed by atoms with Crippen molar-refractivity contribution in [3.63, 3.8) is 0 Å². The summed E-state index contributed by atoms with van der Waals surface area (Å²) in [4.78, 5) is 29.5. The van der Waals surface area contributed by atoms with Crippen LogP contribution in [0.3, 0.4) is 0 Å². The molecule has 8 heteroatoms. The Morgan fingerprint density at radius 3 is 2.67 bits per heavy atom. The van der Waals surface area contributed by atoms with Gasteiger partial charge >= 0.3 is 0 Å². The molecule has 0 spiro atoms. The molecule has 5 nitrogen and oxygen atoms in total. The van der Waals surface area contributed by atoms with Gasteiger partial charge in [-0.15, -0.1) is 0 Å².